The summed E-state index contributed by atoms with van der Waals surface area (Å²) in [5, 5.41) is 9.57. The standard InChI is InChI=1S/C16H27N3O2/c1-13-9-19(10-14(2)21-13)11-15(20)18(3)16(12-17)7-5-4-6-8-16/h13-14H,4-11H2,1-3H3. The maximum atomic E-state index is 12.6. The second-order valence-electron chi connectivity index (χ2n) is 6.61. The fourth-order valence-corrected chi connectivity index (χ4v) is 3.61. The van der Waals surface area contributed by atoms with Crippen LogP contribution in [0.4, 0.5) is 0 Å². The number of hydrogen-bond acceptors (Lipinski definition) is 4. The third kappa shape index (κ3) is 3.75. The van der Waals surface area contributed by atoms with Crippen molar-refractivity contribution in [1.29, 1.82) is 5.26 Å². The fourth-order valence-electron chi connectivity index (χ4n) is 3.61. The number of nitrogens with zero attached hydrogens (tertiary/aromatic N) is 3. The predicted molar refractivity (Wildman–Crippen MR) is 80.6 cm³/mol. The van der Waals surface area contributed by atoms with Gasteiger partial charge in [0, 0.05) is 20.1 Å². The van der Waals surface area contributed by atoms with Crippen LogP contribution >= 0.6 is 0 Å². The van der Waals surface area contributed by atoms with Gasteiger partial charge in [0.1, 0.15) is 5.54 Å². The van der Waals surface area contributed by atoms with Crippen LogP contribution in [0.1, 0.15) is 46.0 Å². The van der Waals surface area contributed by atoms with E-state index < -0.39 is 5.54 Å². The van der Waals surface area contributed by atoms with Crippen LogP contribution < -0.4 is 0 Å². The summed E-state index contributed by atoms with van der Waals surface area (Å²) >= 11 is 0. The molecule has 5 heteroatoms. The van der Waals surface area contributed by atoms with Crippen LogP contribution in [0.2, 0.25) is 0 Å². The molecule has 5 nitrogen and oxygen atoms in total. The van der Waals surface area contributed by atoms with Crippen molar-refractivity contribution in [2.45, 2.75) is 63.7 Å². The summed E-state index contributed by atoms with van der Waals surface area (Å²) < 4.78 is 5.70. The molecule has 0 N–H and O–H groups in total. The molecule has 1 saturated carbocycles. The Hall–Kier alpha value is -1.12. The second-order valence-corrected chi connectivity index (χ2v) is 6.61. The van der Waals surface area contributed by atoms with Crippen molar-refractivity contribution in [3.8, 4) is 6.07 Å². The van der Waals surface area contributed by atoms with Gasteiger partial charge >= 0.3 is 0 Å². The summed E-state index contributed by atoms with van der Waals surface area (Å²) in [5.74, 6) is 0.0553. The van der Waals surface area contributed by atoms with Crippen LogP contribution in [0, 0.1) is 11.3 Å². The number of morpholine rings is 1. The molecule has 1 amide bonds. The van der Waals surface area contributed by atoms with Crippen molar-refractivity contribution in [2.24, 2.45) is 0 Å². The molecule has 0 bridgehead atoms. The van der Waals surface area contributed by atoms with Gasteiger partial charge in [-0.15, -0.1) is 0 Å². The third-order valence-corrected chi connectivity index (χ3v) is 4.76. The summed E-state index contributed by atoms with van der Waals surface area (Å²) in [4.78, 5) is 16.4. The quantitative estimate of drug-likeness (QED) is 0.796. The predicted octanol–water partition coefficient (Wildman–Crippen LogP) is 1.78. The molecule has 0 radical (unpaired) electrons. The van der Waals surface area contributed by atoms with Gasteiger partial charge in [0.15, 0.2) is 0 Å². The van der Waals surface area contributed by atoms with Gasteiger partial charge in [-0.2, -0.15) is 5.26 Å². The lowest BCUT2D eigenvalue weighted by atomic mass is 9.81. The van der Waals surface area contributed by atoms with E-state index in [2.05, 4.69) is 11.0 Å². The molecule has 2 atom stereocenters. The molecular weight excluding hydrogens is 266 g/mol. The Morgan fingerprint density at radius 1 is 1.29 bits per heavy atom. The molecule has 2 fully saturated rings. The molecule has 0 aromatic carbocycles. The molecule has 1 aliphatic carbocycles. The number of amides is 1. The molecule has 118 valence electrons. The van der Waals surface area contributed by atoms with Crippen LogP contribution in [0.15, 0.2) is 0 Å². The van der Waals surface area contributed by atoms with Gasteiger partial charge in [-0.25, -0.2) is 0 Å². The van der Waals surface area contributed by atoms with E-state index in [9.17, 15) is 10.1 Å². The van der Waals surface area contributed by atoms with Gasteiger partial charge in [0.2, 0.25) is 5.91 Å². The summed E-state index contributed by atoms with van der Waals surface area (Å²) in [6.45, 7) is 6.02. The zero-order valence-corrected chi connectivity index (χ0v) is 13.5. The van der Waals surface area contributed by atoms with E-state index in [-0.39, 0.29) is 18.1 Å². The monoisotopic (exact) mass is 293 g/mol. The highest BCUT2D eigenvalue weighted by atomic mass is 16.5. The Bertz CT molecular complexity index is 402. The number of hydrogen-bond donors (Lipinski definition) is 0. The molecule has 2 aliphatic rings. The minimum Gasteiger partial charge on any atom is -0.373 e. The summed E-state index contributed by atoms with van der Waals surface area (Å²) in [7, 11) is 1.80. The maximum absolute atomic E-state index is 12.6. The number of carbonyl (C=O) groups is 1. The summed E-state index contributed by atoms with van der Waals surface area (Å²) in [6.07, 6.45) is 5.18. The Balaban J connectivity index is 1.97. The SMILES string of the molecule is CC1CN(CC(=O)N(C)C2(C#N)CCCCC2)CC(C)O1. The minimum absolute atomic E-state index is 0.0553. The molecule has 0 spiro atoms. The molecule has 1 aliphatic heterocycles. The average molecular weight is 293 g/mol. The first-order valence-corrected chi connectivity index (χ1v) is 8.02. The zero-order valence-electron chi connectivity index (χ0n) is 13.5. The number of rotatable bonds is 3. The smallest absolute Gasteiger partial charge is 0.237 e. The Kier molecular flexibility index (Phi) is 5.23. The van der Waals surface area contributed by atoms with Gasteiger partial charge in [-0.3, -0.25) is 9.69 Å². The van der Waals surface area contributed by atoms with Crippen LogP contribution in [0.5, 0.6) is 0 Å². The van der Waals surface area contributed by atoms with Crippen molar-refractivity contribution in [3.05, 3.63) is 0 Å². The van der Waals surface area contributed by atoms with Crippen molar-refractivity contribution >= 4 is 5.91 Å². The second kappa shape index (κ2) is 6.76. The van der Waals surface area contributed by atoms with Crippen molar-refractivity contribution in [3.63, 3.8) is 0 Å². The van der Waals surface area contributed by atoms with E-state index in [1.165, 1.54) is 6.42 Å². The molecule has 1 heterocycles. The number of carbonyl (C=O) groups excluding carboxylic acids is 1. The van der Waals surface area contributed by atoms with E-state index in [1.54, 1.807) is 11.9 Å². The van der Waals surface area contributed by atoms with Crippen LogP contribution in [-0.2, 0) is 9.53 Å². The van der Waals surface area contributed by atoms with Gasteiger partial charge < -0.3 is 9.64 Å². The number of likely N-dealkylation sites (N-methyl/N-ethyl adjacent to an activating group) is 1. The van der Waals surface area contributed by atoms with Crippen molar-refractivity contribution < 1.29 is 9.53 Å². The van der Waals surface area contributed by atoms with Gasteiger partial charge in [-0.1, -0.05) is 19.3 Å². The molecule has 2 rings (SSSR count). The average Bonchev–Trinajstić information content (AvgIpc) is 2.46. The lowest BCUT2D eigenvalue weighted by Gasteiger charge is -2.41. The number of nitriles is 1. The van der Waals surface area contributed by atoms with Crippen molar-refractivity contribution in [2.75, 3.05) is 26.7 Å². The van der Waals surface area contributed by atoms with Gasteiger partial charge in [0.25, 0.3) is 0 Å². The van der Waals surface area contributed by atoms with Crippen LogP contribution in [0.3, 0.4) is 0 Å². The van der Waals surface area contributed by atoms with E-state index in [0.29, 0.717) is 6.54 Å². The molecular formula is C16H27N3O2. The van der Waals surface area contributed by atoms with E-state index in [4.69, 9.17) is 4.74 Å². The van der Waals surface area contributed by atoms with Crippen LogP contribution in [0.25, 0.3) is 0 Å². The van der Waals surface area contributed by atoms with Crippen molar-refractivity contribution in [1.82, 2.24) is 9.80 Å². The molecule has 1 saturated heterocycles. The lowest BCUT2D eigenvalue weighted by Crippen LogP contribution is -2.55. The zero-order chi connectivity index (χ0) is 15.5. The molecule has 0 aromatic heterocycles. The first-order valence-electron chi connectivity index (χ1n) is 8.02. The lowest BCUT2D eigenvalue weighted by molar-refractivity contribution is -0.139. The molecule has 0 aromatic rings. The first-order chi connectivity index (χ1) is 9.97. The summed E-state index contributed by atoms with van der Waals surface area (Å²) in [6, 6.07) is 2.41. The highest BCUT2D eigenvalue weighted by Crippen LogP contribution is 2.32. The largest absolute Gasteiger partial charge is 0.373 e. The third-order valence-electron chi connectivity index (χ3n) is 4.76. The van der Waals surface area contributed by atoms with E-state index in [0.717, 1.165) is 38.8 Å². The topological polar surface area (TPSA) is 56.6 Å². The Morgan fingerprint density at radius 2 is 1.86 bits per heavy atom. The van der Waals surface area contributed by atoms with E-state index in [1.807, 2.05) is 13.8 Å². The molecule has 21 heavy (non-hydrogen) atoms. The Labute approximate surface area is 127 Å². The minimum atomic E-state index is -0.584. The maximum Gasteiger partial charge on any atom is 0.237 e. The molecule has 2 unspecified atom stereocenters. The van der Waals surface area contributed by atoms with E-state index >= 15 is 0 Å². The highest BCUT2D eigenvalue weighted by molar-refractivity contribution is 5.79. The Morgan fingerprint density at radius 3 is 2.38 bits per heavy atom. The normalized spacial score (nSPS) is 29.6. The number of ether oxygens (including phenoxy) is 1. The highest BCUT2D eigenvalue weighted by Gasteiger charge is 2.39. The summed E-state index contributed by atoms with van der Waals surface area (Å²) in [5.41, 5.74) is -0.584. The first kappa shape index (κ1) is 16.3. The van der Waals surface area contributed by atoms with Gasteiger partial charge in [0.05, 0.1) is 24.8 Å². The van der Waals surface area contributed by atoms with Crippen LogP contribution in [-0.4, -0.2) is 60.1 Å². The van der Waals surface area contributed by atoms with Gasteiger partial charge in [-0.05, 0) is 26.7 Å². The fraction of sp³-hybridized carbons (Fsp3) is 0.875.